The number of carbonyl (C=O) groups is 2. The third kappa shape index (κ3) is 2.32. The van der Waals surface area contributed by atoms with Crippen molar-refractivity contribution in [3.63, 3.8) is 0 Å². The fraction of sp³-hybridized carbons (Fsp3) is 0.429. The molecule has 1 saturated heterocycles. The van der Waals surface area contributed by atoms with Crippen molar-refractivity contribution in [3.8, 4) is 0 Å². The zero-order valence-corrected chi connectivity index (χ0v) is 13.2. The predicted molar refractivity (Wildman–Crippen MR) is 76.9 cm³/mol. The van der Waals surface area contributed by atoms with Gasteiger partial charge in [0.1, 0.15) is 11.4 Å². The summed E-state index contributed by atoms with van der Waals surface area (Å²) in [5.41, 5.74) is -1.01. The molecule has 0 saturated carbocycles. The molecule has 1 aliphatic rings. The summed E-state index contributed by atoms with van der Waals surface area (Å²) in [4.78, 5) is 27.8. The Balaban J connectivity index is 2.41. The first-order valence-electron chi connectivity index (χ1n) is 6.28. The average Bonchev–Trinajstić information content (AvgIpc) is 2.35. The minimum absolute atomic E-state index is 0.0297. The van der Waals surface area contributed by atoms with E-state index in [0.717, 1.165) is 0 Å². The minimum Gasteiger partial charge on any atom is -0.342 e. The first kappa shape index (κ1) is 15.0. The highest BCUT2D eigenvalue weighted by Crippen LogP contribution is 2.28. The Hall–Kier alpha value is -1.43. The van der Waals surface area contributed by atoms with Gasteiger partial charge in [0.05, 0.1) is 5.56 Å². The van der Waals surface area contributed by atoms with Gasteiger partial charge in [-0.3, -0.25) is 9.59 Å². The third-order valence-electron chi connectivity index (χ3n) is 3.63. The second-order valence-corrected chi connectivity index (χ2v) is 6.19. The highest BCUT2D eigenvalue weighted by Gasteiger charge is 2.43. The molecule has 1 heterocycles. The summed E-state index contributed by atoms with van der Waals surface area (Å²) < 4.78 is 14.3. The molecule has 0 atom stereocenters. The Bertz CT molecular complexity index is 554. The highest BCUT2D eigenvalue weighted by atomic mass is 79.9. The Labute approximate surface area is 125 Å². The van der Waals surface area contributed by atoms with E-state index in [2.05, 4.69) is 15.9 Å². The normalized spacial score (nSPS) is 18.4. The number of halogens is 2. The Morgan fingerprint density at radius 3 is 2.60 bits per heavy atom. The standard InChI is InChI=1S/C14H16BrFN2O2/c1-14(2)13(20)17(3)7-8-18(14)12(19)11-9(15)5-4-6-10(11)16/h4-6H,7-8H2,1-3H3. The van der Waals surface area contributed by atoms with Crippen LogP contribution in [-0.4, -0.2) is 47.3 Å². The van der Waals surface area contributed by atoms with Crippen molar-refractivity contribution < 1.29 is 14.0 Å². The lowest BCUT2D eigenvalue weighted by Gasteiger charge is -2.44. The van der Waals surface area contributed by atoms with E-state index in [1.54, 1.807) is 31.9 Å². The molecule has 1 aromatic rings. The molecule has 0 aromatic heterocycles. The Morgan fingerprint density at radius 2 is 2.00 bits per heavy atom. The third-order valence-corrected chi connectivity index (χ3v) is 4.29. The smallest absolute Gasteiger partial charge is 0.258 e. The van der Waals surface area contributed by atoms with E-state index in [9.17, 15) is 14.0 Å². The largest absolute Gasteiger partial charge is 0.342 e. The van der Waals surface area contributed by atoms with E-state index >= 15 is 0 Å². The summed E-state index contributed by atoms with van der Waals surface area (Å²) in [6.07, 6.45) is 0. The van der Waals surface area contributed by atoms with Gasteiger partial charge in [-0.1, -0.05) is 6.07 Å². The molecule has 0 N–H and O–H groups in total. The number of hydrogen-bond donors (Lipinski definition) is 0. The van der Waals surface area contributed by atoms with E-state index in [-0.39, 0.29) is 11.5 Å². The van der Waals surface area contributed by atoms with Gasteiger partial charge in [0, 0.05) is 24.6 Å². The first-order chi connectivity index (χ1) is 9.26. The SMILES string of the molecule is CN1CCN(C(=O)c2c(F)cccc2Br)C(C)(C)C1=O. The maximum Gasteiger partial charge on any atom is 0.258 e. The number of amides is 2. The molecule has 4 nitrogen and oxygen atoms in total. The number of carbonyl (C=O) groups excluding carboxylic acids is 2. The molecule has 0 spiro atoms. The van der Waals surface area contributed by atoms with Crippen LogP contribution in [0.5, 0.6) is 0 Å². The predicted octanol–water partition coefficient (Wildman–Crippen LogP) is 2.28. The van der Waals surface area contributed by atoms with Crippen molar-refractivity contribution in [2.75, 3.05) is 20.1 Å². The molecule has 6 heteroatoms. The second-order valence-electron chi connectivity index (χ2n) is 5.34. The van der Waals surface area contributed by atoms with Gasteiger partial charge >= 0.3 is 0 Å². The van der Waals surface area contributed by atoms with E-state index in [1.165, 1.54) is 17.0 Å². The van der Waals surface area contributed by atoms with Gasteiger partial charge in [0.2, 0.25) is 5.91 Å². The van der Waals surface area contributed by atoms with Crippen LogP contribution in [0.1, 0.15) is 24.2 Å². The van der Waals surface area contributed by atoms with Gasteiger partial charge in [-0.2, -0.15) is 0 Å². The number of benzene rings is 1. The average molecular weight is 343 g/mol. The summed E-state index contributed by atoms with van der Waals surface area (Å²) in [6, 6.07) is 4.38. The van der Waals surface area contributed by atoms with Crippen LogP contribution < -0.4 is 0 Å². The van der Waals surface area contributed by atoms with Crippen LogP contribution >= 0.6 is 15.9 Å². The molecule has 1 aliphatic heterocycles. The summed E-state index contributed by atoms with van der Waals surface area (Å²) in [6.45, 7) is 4.18. The molecule has 0 bridgehead atoms. The zero-order chi connectivity index (χ0) is 15.1. The molecule has 2 rings (SSSR count). The topological polar surface area (TPSA) is 40.6 Å². The highest BCUT2D eigenvalue weighted by molar-refractivity contribution is 9.10. The summed E-state index contributed by atoms with van der Waals surface area (Å²) in [5, 5.41) is 0. The van der Waals surface area contributed by atoms with Crippen LogP contribution in [-0.2, 0) is 4.79 Å². The monoisotopic (exact) mass is 342 g/mol. The Morgan fingerprint density at radius 1 is 1.35 bits per heavy atom. The van der Waals surface area contributed by atoms with E-state index in [4.69, 9.17) is 0 Å². The molecule has 0 radical (unpaired) electrons. The van der Waals surface area contributed by atoms with Gasteiger partial charge in [0.25, 0.3) is 5.91 Å². The van der Waals surface area contributed by atoms with E-state index in [1.807, 2.05) is 0 Å². The van der Waals surface area contributed by atoms with Crippen LogP contribution in [0.15, 0.2) is 22.7 Å². The number of rotatable bonds is 1. The molecule has 20 heavy (non-hydrogen) atoms. The minimum atomic E-state index is -0.980. The lowest BCUT2D eigenvalue weighted by Crippen LogP contribution is -2.63. The number of piperazine rings is 1. The lowest BCUT2D eigenvalue weighted by atomic mass is 9.96. The van der Waals surface area contributed by atoms with Crippen LogP contribution in [0.2, 0.25) is 0 Å². The molecule has 2 amide bonds. The van der Waals surface area contributed by atoms with Crippen molar-refractivity contribution in [2.24, 2.45) is 0 Å². The van der Waals surface area contributed by atoms with Gasteiger partial charge in [0.15, 0.2) is 0 Å². The summed E-state index contributed by atoms with van der Waals surface area (Å²) in [7, 11) is 1.70. The summed E-state index contributed by atoms with van der Waals surface area (Å²) in [5.74, 6) is -1.21. The fourth-order valence-electron chi connectivity index (χ4n) is 2.41. The number of hydrogen-bond acceptors (Lipinski definition) is 2. The van der Waals surface area contributed by atoms with Gasteiger partial charge in [-0.15, -0.1) is 0 Å². The van der Waals surface area contributed by atoms with Crippen molar-refractivity contribution in [3.05, 3.63) is 34.1 Å². The Kier molecular flexibility index (Phi) is 3.86. The first-order valence-corrected chi connectivity index (χ1v) is 7.07. The molecule has 1 aromatic carbocycles. The zero-order valence-electron chi connectivity index (χ0n) is 11.6. The van der Waals surface area contributed by atoms with Crippen LogP contribution in [0.25, 0.3) is 0 Å². The van der Waals surface area contributed by atoms with Crippen molar-refractivity contribution in [1.82, 2.24) is 9.80 Å². The van der Waals surface area contributed by atoms with Gasteiger partial charge in [-0.25, -0.2) is 4.39 Å². The van der Waals surface area contributed by atoms with Crippen molar-refractivity contribution >= 4 is 27.7 Å². The van der Waals surface area contributed by atoms with Crippen molar-refractivity contribution in [2.45, 2.75) is 19.4 Å². The molecule has 108 valence electrons. The fourth-order valence-corrected chi connectivity index (χ4v) is 2.92. The molecule has 1 fully saturated rings. The molecule has 0 aliphatic carbocycles. The molecule has 0 unspecified atom stereocenters. The quantitative estimate of drug-likeness (QED) is 0.785. The van der Waals surface area contributed by atoms with E-state index < -0.39 is 17.3 Å². The van der Waals surface area contributed by atoms with Crippen LogP contribution in [0.4, 0.5) is 4.39 Å². The summed E-state index contributed by atoms with van der Waals surface area (Å²) >= 11 is 3.20. The van der Waals surface area contributed by atoms with Crippen LogP contribution in [0.3, 0.4) is 0 Å². The van der Waals surface area contributed by atoms with Crippen LogP contribution in [0, 0.1) is 5.82 Å². The van der Waals surface area contributed by atoms with Crippen molar-refractivity contribution in [1.29, 1.82) is 0 Å². The van der Waals surface area contributed by atoms with Gasteiger partial charge < -0.3 is 9.80 Å². The van der Waals surface area contributed by atoms with Gasteiger partial charge in [-0.05, 0) is 41.9 Å². The second kappa shape index (κ2) is 5.16. The maximum atomic E-state index is 13.9. The maximum absolute atomic E-state index is 13.9. The molecular weight excluding hydrogens is 327 g/mol. The lowest BCUT2D eigenvalue weighted by molar-refractivity contribution is -0.144. The number of likely N-dealkylation sites (N-methyl/N-ethyl adjacent to an activating group) is 1. The van der Waals surface area contributed by atoms with E-state index in [0.29, 0.717) is 17.6 Å². The molecular formula is C14H16BrFN2O2. The number of nitrogens with zero attached hydrogens (tertiary/aromatic N) is 2.